The average Bonchev–Trinajstić information content (AvgIpc) is 2.57. The molecule has 0 unspecified atom stereocenters. The molecule has 1 heterocycles. The van der Waals surface area contributed by atoms with E-state index in [-0.39, 0.29) is 24.9 Å². The number of aromatic hydroxyl groups is 1. The zero-order valence-electron chi connectivity index (χ0n) is 13.4. The van der Waals surface area contributed by atoms with Crippen LogP contribution in [0.4, 0.5) is 0 Å². The predicted molar refractivity (Wildman–Crippen MR) is 85.1 cm³/mol. The van der Waals surface area contributed by atoms with Gasteiger partial charge < -0.3 is 19.4 Å². The largest absolute Gasteiger partial charge is 0.508 e. The van der Waals surface area contributed by atoms with Gasteiger partial charge in [0.05, 0.1) is 25.2 Å². The zero-order valence-corrected chi connectivity index (χ0v) is 13.4. The first kappa shape index (κ1) is 17.7. The predicted octanol–water partition coefficient (Wildman–Crippen LogP) is 1.80. The number of allylic oxidation sites excluding steroid dienone is 1. The molecule has 1 aliphatic heterocycles. The van der Waals surface area contributed by atoms with Gasteiger partial charge in [-0.15, -0.1) is 0 Å². The second-order valence-corrected chi connectivity index (χ2v) is 5.74. The van der Waals surface area contributed by atoms with Gasteiger partial charge in [-0.1, -0.05) is 12.1 Å². The first-order chi connectivity index (χ1) is 11.5. The lowest BCUT2D eigenvalue weighted by molar-refractivity contribution is -0.145. The van der Waals surface area contributed by atoms with Crippen LogP contribution in [0.2, 0.25) is 0 Å². The lowest BCUT2D eigenvalue weighted by Gasteiger charge is -2.31. The summed E-state index contributed by atoms with van der Waals surface area (Å²) in [6.07, 6.45) is 2.72. The number of rotatable bonds is 7. The number of hydrogen-bond acceptors (Lipinski definition) is 6. The maximum atomic E-state index is 12.0. The van der Waals surface area contributed by atoms with E-state index >= 15 is 0 Å². The standard InChI is InChI=1S/C18H20O6/c1-12-17(10-20)16(14(9-19)11-24-12)8-18(22)23-7-6-13-2-4-15(21)5-3-13/h2-5,9-12,16-17,21H,6-8H2,1H3/t12-,16+,17+/m0/s1. The van der Waals surface area contributed by atoms with Crippen molar-refractivity contribution in [1.82, 2.24) is 0 Å². The lowest BCUT2D eigenvalue weighted by atomic mass is 9.80. The van der Waals surface area contributed by atoms with Gasteiger partial charge in [0.2, 0.25) is 0 Å². The van der Waals surface area contributed by atoms with Crippen LogP contribution in [-0.2, 0) is 30.3 Å². The Hall–Kier alpha value is -2.63. The van der Waals surface area contributed by atoms with E-state index in [2.05, 4.69) is 0 Å². The summed E-state index contributed by atoms with van der Waals surface area (Å²) in [5.41, 5.74) is 1.22. The van der Waals surface area contributed by atoms with Gasteiger partial charge in [-0.2, -0.15) is 0 Å². The number of benzene rings is 1. The molecule has 1 aliphatic rings. The summed E-state index contributed by atoms with van der Waals surface area (Å²) in [5.74, 6) is -1.37. The molecule has 0 aromatic heterocycles. The van der Waals surface area contributed by atoms with E-state index in [0.717, 1.165) is 11.8 Å². The molecule has 1 aromatic carbocycles. The van der Waals surface area contributed by atoms with Crippen molar-refractivity contribution in [2.75, 3.05) is 6.61 Å². The highest BCUT2D eigenvalue weighted by atomic mass is 16.5. The molecule has 0 saturated heterocycles. The summed E-state index contributed by atoms with van der Waals surface area (Å²) >= 11 is 0. The number of aldehydes is 2. The van der Waals surface area contributed by atoms with Crippen molar-refractivity contribution in [2.24, 2.45) is 11.8 Å². The van der Waals surface area contributed by atoms with Gasteiger partial charge in [0.15, 0.2) is 0 Å². The van der Waals surface area contributed by atoms with Crippen LogP contribution >= 0.6 is 0 Å². The maximum absolute atomic E-state index is 12.0. The molecule has 0 spiro atoms. The molecule has 0 bridgehead atoms. The summed E-state index contributed by atoms with van der Waals surface area (Å²) < 4.78 is 10.4. The fraction of sp³-hybridized carbons (Fsp3) is 0.389. The maximum Gasteiger partial charge on any atom is 0.306 e. The van der Waals surface area contributed by atoms with Gasteiger partial charge in [-0.25, -0.2) is 0 Å². The van der Waals surface area contributed by atoms with Crippen molar-refractivity contribution in [3.63, 3.8) is 0 Å². The monoisotopic (exact) mass is 332 g/mol. The molecule has 3 atom stereocenters. The van der Waals surface area contributed by atoms with Crippen LogP contribution in [-0.4, -0.2) is 36.4 Å². The Kier molecular flexibility index (Phi) is 6.12. The quantitative estimate of drug-likeness (QED) is 0.605. The number of hydrogen-bond donors (Lipinski definition) is 1. The van der Waals surface area contributed by atoms with E-state index in [0.29, 0.717) is 18.3 Å². The van der Waals surface area contributed by atoms with E-state index in [1.165, 1.54) is 6.26 Å². The smallest absolute Gasteiger partial charge is 0.306 e. The average molecular weight is 332 g/mol. The third-order valence-corrected chi connectivity index (χ3v) is 4.12. The Labute approximate surface area is 140 Å². The fourth-order valence-corrected chi connectivity index (χ4v) is 2.67. The topological polar surface area (TPSA) is 89.9 Å². The van der Waals surface area contributed by atoms with Crippen molar-refractivity contribution in [3.8, 4) is 5.75 Å². The van der Waals surface area contributed by atoms with Crippen LogP contribution < -0.4 is 0 Å². The number of carbonyl (C=O) groups excluding carboxylic acids is 3. The van der Waals surface area contributed by atoms with Crippen LogP contribution in [0.15, 0.2) is 36.1 Å². The Morgan fingerprint density at radius 2 is 2.00 bits per heavy atom. The molecular weight excluding hydrogens is 312 g/mol. The number of phenols is 1. The van der Waals surface area contributed by atoms with Crippen LogP contribution in [0.1, 0.15) is 18.9 Å². The van der Waals surface area contributed by atoms with Crippen molar-refractivity contribution in [1.29, 1.82) is 0 Å². The second kappa shape index (κ2) is 8.29. The molecule has 0 aliphatic carbocycles. The third-order valence-electron chi connectivity index (χ3n) is 4.12. The number of phenolic OH excluding ortho intramolecular Hbond substituents is 1. The highest BCUT2D eigenvalue weighted by Crippen LogP contribution is 2.31. The van der Waals surface area contributed by atoms with E-state index in [1.54, 1.807) is 31.2 Å². The molecule has 2 rings (SSSR count). The van der Waals surface area contributed by atoms with Crippen LogP contribution in [0.3, 0.4) is 0 Å². The van der Waals surface area contributed by atoms with E-state index in [4.69, 9.17) is 9.47 Å². The van der Waals surface area contributed by atoms with Crippen molar-refractivity contribution in [2.45, 2.75) is 25.9 Å². The van der Waals surface area contributed by atoms with Crippen molar-refractivity contribution in [3.05, 3.63) is 41.7 Å². The van der Waals surface area contributed by atoms with Crippen LogP contribution in [0, 0.1) is 11.8 Å². The Morgan fingerprint density at radius 1 is 1.29 bits per heavy atom. The summed E-state index contributed by atoms with van der Waals surface area (Å²) in [6.45, 7) is 1.91. The van der Waals surface area contributed by atoms with Crippen LogP contribution in [0.25, 0.3) is 0 Å². The molecule has 0 saturated carbocycles. The Morgan fingerprint density at radius 3 is 2.62 bits per heavy atom. The molecule has 6 heteroatoms. The van der Waals surface area contributed by atoms with Gasteiger partial charge in [0.25, 0.3) is 0 Å². The molecule has 0 fully saturated rings. The summed E-state index contributed by atoms with van der Waals surface area (Å²) in [4.78, 5) is 34.4. The normalized spacial score (nSPS) is 22.9. The summed E-state index contributed by atoms with van der Waals surface area (Å²) in [6, 6.07) is 6.63. The van der Waals surface area contributed by atoms with Crippen molar-refractivity contribution < 1.29 is 29.0 Å². The highest BCUT2D eigenvalue weighted by molar-refractivity contribution is 5.79. The van der Waals surface area contributed by atoms with E-state index in [9.17, 15) is 19.5 Å². The molecule has 0 amide bonds. The molecule has 24 heavy (non-hydrogen) atoms. The van der Waals surface area contributed by atoms with E-state index in [1.807, 2.05) is 0 Å². The SMILES string of the molecule is C[C@@H]1OC=C(C=O)[C@@H](CC(=O)OCCc2ccc(O)cc2)[C@@H]1C=O. The number of ether oxygens (including phenoxy) is 2. The number of carbonyl (C=O) groups is 3. The third kappa shape index (κ3) is 4.44. The lowest BCUT2D eigenvalue weighted by Crippen LogP contribution is -2.35. The van der Waals surface area contributed by atoms with Crippen LogP contribution in [0.5, 0.6) is 5.75 Å². The molecule has 1 N–H and O–H groups in total. The van der Waals surface area contributed by atoms with Gasteiger partial charge in [0, 0.05) is 17.9 Å². The molecule has 128 valence electrons. The minimum absolute atomic E-state index is 0.0444. The minimum Gasteiger partial charge on any atom is -0.508 e. The first-order valence-electron chi connectivity index (χ1n) is 7.74. The molecule has 0 radical (unpaired) electrons. The van der Waals surface area contributed by atoms with Gasteiger partial charge in [-0.3, -0.25) is 9.59 Å². The number of esters is 1. The second-order valence-electron chi connectivity index (χ2n) is 5.74. The minimum atomic E-state index is -0.556. The van der Waals surface area contributed by atoms with Crippen molar-refractivity contribution >= 4 is 18.5 Å². The van der Waals surface area contributed by atoms with Gasteiger partial charge in [-0.05, 0) is 24.6 Å². The first-order valence-corrected chi connectivity index (χ1v) is 7.74. The summed E-state index contributed by atoms with van der Waals surface area (Å²) in [5, 5.41) is 9.21. The summed E-state index contributed by atoms with van der Waals surface area (Å²) in [7, 11) is 0. The molecular formula is C18H20O6. The Bertz CT molecular complexity index is 619. The highest BCUT2D eigenvalue weighted by Gasteiger charge is 2.35. The van der Waals surface area contributed by atoms with Gasteiger partial charge in [0.1, 0.15) is 24.4 Å². The fourth-order valence-electron chi connectivity index (χ4n) is 2.67. The van der Waals surface area contributed by atoms with E-state index < -0.39 is 17.8 Å². The molecule has 6 nitrogen and oxygen atoms in total. The van der Waals surface area contributed by atoms with Gasteiger partial charge >= 0.3 is 5.97 Å². The molecule has 1 aromatic rings. The zero-order chi connectivity index (χ0) is 17.5. The Balaban J connectivity index is 1.88.